The molecule has 170 valence electrons. The van der Waals surface area contributed by atoms with Gasteiger partial charge in [-0.05, 0) is 68.7 Å². The fourth-order valence-electron chi connectivity index (χ4n) is 4.59. The summed E-state index contributed by atoms with van der Waals surface area (Å²) >= 11 is 1.33. The van der Waals surface area contributed by atoms with Crippen LogP contribution in [0.5, 0.6) is 0 Å². The van der Waals surface area contributed by atoms with Crippen molar-refractivity contribution in [2.24, 2.45) is 0 Å². The van der Waals surface area contributed by atoms with Crippen molar-refractivity contribution in [3.8, 4) is 5.69 Å². The molecule has 0 fully saturated rings. The molecule has 3 aromatic carbocycles. The van der Waals surface area contributed by atoms with Gasteiger partial charge < -0.3 is 0 Å². The highest BCUT2D eigenvalue weighted by atomic mass is 32.2. The van der Waals surface area contributed by atoms with Crippen molar-refractivity contribution < 1.29 is 4.79 Å². The molecule has 7 heteroatoms. The minimum Gasteiger partial charge on any atom is -0.293 e. The third-order valence-electron chi connectivity index (χ3n) is 5.94. The van der Waals surface area contributed by atoms with E-state index in [0.717, 1.165) is 33.5 Å². The SMILES string of the molecule is Cc1cccc(-n2c(=O)c3ccccc3n3c(SCC(=O)c4c(C)cc(C)cc4C)nnc23)c1. The Hall–Kier alpha value is -3.71. The topological polar surface area (TPSA) is 69.3 Å². The highest BCUT2D eigenvalue weighted by Gasteiger charge is 2.20. The zero-order valence-electron chi connectivity index (χ0n) is 19.5. The van der Waals surface area contributed by atoms with E-state index in [4.69, 9.17) is 0 Å². The largest absolute Gasteiger partial charge is 0.293 e. The van der Waals surface area contributed by atoms with E-state index in [1.807, 2.05) is 92.8 Å². The molecule has 0 radical (unpaired) electrons. The van der Waals surface area contributed by atoms with Crippen LogP contribution in [0.15, 0.2) is 70.6 Å². The first-order valence-electron chi connectivity index (χ1n) is 11.0. The van der Waals surface area contributed by atoms with Gasteiger partial charge in [0.1, 0.15) is 0 Å². The minimum atomic E-state index is -0.153. The summed E-state index contributed by atoms with van der Waals surface area (Å²) in [5, 5.41) is 9.90. The molecule has 0 saturated heterocycles. The summed E-state index contributed by atoms with van der Waals surface area (Å²) in [6.07, 6.45) is 0. The van der Waals surface area contributed by atoms with Gasteiger partial charge in [-0.25, -0.2) is 4.57 Å². The lowest BCUT2D eigenvalue weighted by Gasteiger charge is -2.12. The van der Waals surface area contributed by atoms with Crippen LogP contribution in [0.25, 0.3) is 22.4 Å². The predicted octanol–water partition coefficient (Wildman–Crippen LogP) is 5.24. The number of nitrogens with zero attached hydrogens (tertiary/aromatic N) is 4. The summed E-state index contributed by atoms with van der Waals surface area (Å²) in [6.45, 7) is 7.96. The van der Waals surface area contributed by atoms with Crippen molar-refractivity contribution in [3.05, 3.63) is 98.8 Å². The van der Waals surface area contributed by atoms with E-state index in [9.17, 15) is 9.59 Å². The molecule has 5 aromatic rings. The molecule has 6 nitrogen and oxygen atoms in total. The molecule has 0 saturated carbocycles. The van der Waals surface area contributed by atoms with Crippen molar-refractivity contribution in [2.75, 3.05) is 5.75 Å². The number of carbonyl (C=O) groups is 1. The van der Waals surface area contributed by atoms with Crippen molar-refractivity contribution in [3.63, 3.8) is 0 Å². The standard InChI is InChI=1S/C27H24N4O2S/c1-16-8-7-9-20(14-16)30-25(33)21-10-5-6-11-22(21)31-26(30)28-29-27(31)34-15-23(32)24-18(3)12-17(2)13-19(24)4/h5-14H,15H2,1-4H3. The van der Waals surface area contributed by atoms with E-state index in [1.54, 1.807) is 4.57 Å². The second-order valence-electron chi connectivity index (χ2n) is 8.60. The minimum absolute atomic E-state index is 0.0491. The summed E-state index contributed by atoms with van der Waals surface area (Å²) in [7, 11) is 0. The van der Waals surface area contributed by atoms with Gasteiger partial charge in [-0.15, -0.1) is 10.2 Å². The Kier molecular flexibility index (Phi) is 5.57. The number of hydrogen-bond acceptors (Lipinski definition) is 5. The number of ketones is 1. The molecule has 0 aliphatic heterocycles. The molecule has 2 heterocycles. The Morgan fingerprint density at radius 2 is 1.62 bits per heavy atom. The zero-order valence-corrected chi connectivity index (χ0v) is 20.3. The van der Waals surface area contributed by atoms with Gasteiger partial charge in [-0.2, -0.15) is 0 Å². The Morgan fingerprint density at radius 3 is 2.35 bits per heavy atom. The van der Waals surface area contributed by atoms with E-state index in [0.29, 0.717) is 21.8 Å². The molecule has 0 spiro atoms. The van der Waals surface area contributed by atoms with Gasteiger partial charge in [-0.3, -0.25) is 14.0 Å². The van der Waals surface area contributed by atoms with Gasteiger partial charge >= 0.3 is 0 Å². The van der Waals surface area contributed by atoms with E-state index < -0.39 is 0 Å². The first kappa shape index (κ1) is 22.1. The molecule has 2 aromatic heterocycles. The van der Waals surface area contributed by atoms with Gasteiger partial charge in [-0.1, -0.05) is 53.7 Å². The third kappa shape index (κ3) is 3.72. The molecule has 0 amide bonds. The fraction of sp³-hybridized carbons (Fsp3) is 0.185. The number of para-hydroxylation sites is 1. The number of carbonyl (C=O) groups excluding carboxylic acids is 1. The normalized spacial score (nSPS) is 11.4. The maximum absolute atomic E-state index is 13.4. The van der Waals surface area contributed by atoms with Crippen LogP contribution in [0, 0.1) is 27.7 Å². The van der Waals surface area contributed by atoms with Crippen LogP contribution < -0.4 is 5.56 Å². The molecule has 0 aliphatic carbocycles. The van der Waals surface area contributed by atoms with E-state index >= 15 is 0 Å². The van der Waals surface area contributed by atoms with Crippen LogP contribution in [0.2, 0.25) is 0 Å². The lowest BCUT2D eigenvalue weighted by molar-refractivity contribution is 0.102. The van der Waals surface area contributed by atoms with Crippen molar-refractivity contribution in [1.82, 2.24) is 19.2 Å². The highest BCUT2D eigenvalue weighted by Crippen LogP contribution is 2.25. The molecule has 0 unspecified atom stereocenters. The second-order valence-corrected chi connectivity index (χ2v) is 9.54. The molecule has 0 bridgehead atoms. The van der Waals surface area contributed by atoms with Gasteiger partial charge in [0.15, 0.2) is 10.9 Å². The van der Waals surface area contributed by atoms with Crippen molar-refractivity contribution >= 4 is 34.2 Å². The van der Waals surface area contributed by atoms with E-state index in [2.05, 4.69) is 10.2 Å². The number of hydrogen-bond donors (Lipinski definition) is 0. The Balaban J connectivity index is 1.63. The maximum Gasteiger partial charge on any atom is 0.267 e. The van der Waals surface area contributed by atoms with Crippen LogP contribution in [-0.2, 0) is 0 Å². The summed E-state index contributed by atoms with van der Waals surface area (Å²) in [5.41, 5.74) is 6.19. The summed E-state index contributed by atoms with van der Waals surface area (Å²) < 4.78 is 3.45. The number of thioether (sulfide) groups is 1. The quantitative estimate of drug-likeness (QED) is 0.261. The number of Topliss-reactive ketones (excluding diaryl/α,β-unsaturated/α-hetero) is 1. The van der Waals surface area contributed by atoms with Crippen LogP contribution in [-0.4, -0.2) is 30.7 Å². The molecule has 0 aliphatic rings. The van der Waals surface area contributed by atoms with Crippen LogP contribution in [0.4, 0.5) is 0 Å². The van der Waals surface area contributed by atoms with Gasteiger partial charge in [0, 0.05) is 5.56 Å². The summed E-state index contributed by atoms with van der Waals surface area (Å²) in [6, 6.07) is 19.2. The van der Waals surface area contributed by atoms with E-state index in [-0.39, 0.29) is 17.1 Å². The van der Waals surface area contributed by atoms with Crippen LogP contribution in [0.3, 0.4) is 0 Å². The Morgan fingerprint density at radius 1 is 0.882 bits per heavy atom. The lowest BCUT2D eigenvalue weighted by Crippen LogP contribution is -2.22. The number of aromatic nitrogens is 4. The maximum atomic E-state index is 13.4. The molecule has 5 rings (SSSR count). The Bertz CT molecular complexity index is 1630. The molecular weight excluding hydrogens is 444 g/mol. The lowest BCUT2D eigenvalue weighted by atomic mass is 9.97. The molecule has 0 N–H and O–H groups in total. The van der Waals surface area contributed by atoms with Crippen LogP contribution in [0.1, 0.15) is 32.6 Å². The Labute approximate surface area is 201 Å². The third-order valence-corrected chi connectivity index (χ3v) is 6.87. The first-order chi connectivity index (χ1) is 16.3. The average Bonchev–Trinajstić information content (AvgIpc) is 3.21. The number of aryl methyl sites for hydroxylation is 4. The second kappa shape index (κ2) is 8.57. The summed E-state index contributed by atoms with van der Waals surface area (Å²) in [4.78, 5) is 26.6. The van der Waals surface area contributed by atoms with Crippen molar-refractivity contribution in [2.45, 2.75) is 32.9 Å². The highest BCUT2D eigenvalue weighted by molar-refractivity contribution is 7.99. The molecular formula is C27H24N4O2S. The zero-order chi connectivity index (χ0) is 24.0. The van der Waals surface area contributed by atoms with Crippen molar-refractivity contribution in [1.29, 1.82) is 0 Å². The van der Waals surface area contributed by atoms with Gasteiger partial charge in [0.25, 0.3) is 5.56 Å². The monoisotopic (exact) mass is 468 g/mol. The summed E-state index contributed by atoms with van der Waals surface area (Å²) in [5.74, 6) is 0.698. The average molecular weight is 469 g/mol. The van der Waals surface area contributed by atoms with Crippen LogP contribution >= 0.6 is 11.8 Å². The van der Waals surface area contributed by atoms with Gasteiger partial charge in [0.2, 0.25) is 5.78 Å². The number of rotatable bonds is 5. The first-order valence-corrected chi connectivity index (χ1v) is 12.0. The van der Waals surface area contributed by atoms with E-state index in [1.165, 1.54) is 11.8 Å². The predicted molar refractivity (Wildman–Crippen MR) is 137 cm³/mol. The number of fused-ring (bicyclic) bond motifs is 3. The smallest absolute Gasteiger partial charge is 0.267 e. The molecule has 0 atom stereocenters. The number of benzene rings is 3. The van der Waals surface area contributed by atoms with Gasteiger partial charge in [0.05, 0.1) is 22.3 Å². The fourth-order valence-corrected chi connectivity index (χ4v) is 5.41. The molecule has 34 heavy (non-hydrogen) atoms.